The van der Waals surface area contributed by atoms with E-state index in [9.17, 15) is 29.1 Å². The van der Waals surface area contributed by atoms with Crippen LogP contribution in [0.2, 0.25) is 0 Å². The summed E-state index contributed by atoms with van der Waals surface area (Å²) in [6.07, 6.45) is 2.51. The number of aliphatic carboxylic acids is 2. The van der Waals surface area contributed by atoms with Crippen molar-refractivity contribution in [2.45, 2.75) is 71.1 Å². The number of aromatic amines is 1. The molecule has 8 N–H and O–H groups in total. The number of carbonyl (C=O) groups is 5. The molecule has 0 aliphatic carbocycles. The van der Waals surface area contributed by atoms with Crippen LogP contribution in [0.1, 0.15) is 46.2 Å². The summed E-state index contributed by atoms with van der Waals surface area (Å²) in [7, 11) is 0. The van der Waals surface area contributed by atoms with Crippen LogP contribution in [0.4, 0.5) is 0 Å². The lowest BCUT2D eigenvalue weighted by Crippen LogP contribution is -2.58. The Balaban J connectivity index is 2.91. The van der Waals surface area contributed by atoms with Crippen molar-refractivity contribution >= 4 is 29.7 Å². The molecule has 0 radical (unpaired) electrons. The van der Waals surface area contributed by atoms with Gasteiger partial charge in [0, 0.05) is 18.3 Å². The van der Waals surface area contributed by atoms with Gasteiger partial charge >= 0.3 is 11.9 Å². The largest absolute Gasteiger partial charge is 0.481 e. The second-order valence-corrected chi connectivity index (χ2v) is 8.81. The molecule has 0 bridgehead atoms. The quantitative estimate of drug-likeness (QED) is 0.173. The normalized spacial score (nSPS) is 14.7. The standard InChI is InChI=1S/C21H34N6O7/c1-10(2)5-14(19(31)26-15(21(33)34)7-16(28)29)25-20(32)17(11(3)4)27-18(30)13(22)6-12-8-23-9-24-12/h8-11,13-15,17H,5-7,22H2,1-4H3,(H,23,24)(H,25,32)(H,26,31)(H,27,30)(H,28,29)(H,33,34). The van der Waals surface area contributed by atoms with E-state index in [1.165, 1.54) is 12.5 Å². The topological polar surface area (TPSA) is 217 Å². The number of hydrogen-bond acceptors (Lipinski definition) is 7. The molecule has 0 aromatic carbocycles. The highest BCUT2D eigenvalue weighted by atomic mass is 16.4. The maximum absolute atomic E-state index is 13.0. The zero-order chi connectivity index (χ0) is 26.0. The second-order valence-electron chi connectivity index (χ2n) is 8.81. The van der Waals surface area contributed by atoms with E-state index in [-0.39, 0.29) is 24.7 Å². The van der Waals surface area contributed by atoms with Crippen molar-refractivity contribution in [3.05, 3.63) is 18.2 Å². The summed E-state index contributed by atoms with van der Waals surface area (Å²) in [6, 6.07) is -4.76. The molecular formula is C21H34N6O7. The minimum atomic E-state index is -1.65. The van der Waals surface area contributed by atoms with Crippen LogP contribution in [0, 0.1) is 11.8 Å². The van der Waals surface area contributed by atoms with Gasteiger partial charge in [-0.1, -0.05) is 27.7 Å². The molecule has 0 aliphatic heterocycles. The first-order valence-corrected chi connectivity index (χ1v) is 10.9. The number of rotatable bonds is 14. The lowest BCUT2D eigenvalue weighted by molar-refractivity contribution is -0.147. The molecule has 190 valence electrons. The van der Waals surface area contributed by atoms with E-state index in [0.717, 1.165) is 0 Å². The number of aromatic nitrogens is 2. The Labute approximate surface area is 197 Å². The zero-order valence-corrected chi connectivity index (χ0v) is 19.7. The maximum Gasteiger partial charge on any atom is 0.326 e. The monoisotopic (exact) mass is 482 g/mol. The maximum atomic E-state index is 13.0. The van der Waals surface area contributed by atoms with Gasteiger partial charge in [-0.15, -0.1) is 0 Å². The van der Waals surface area contributed by atoms with E-state index in [1.54, 1.807) is 27.7 Å². The number of carbonyl (C=O) groups excluding carboxylic acids is 3. The number of H-pyrrole nitrogens is 1. The Morgan fingerprint density at radius 1 is 0.971 bits per heavy atom. The van der Waals surface area contributed by atoms with Crippen LogP contribution in [0.25, 0.3) is 0 Å². The fourth-order valence-corrected chi connectivity index (χ4v) is 3.13. The average Bonchev–Trinajstić information content (AvgIpc) is 3.22. The summed E-state index contributed by atoms with van der Waals surface area (Å²) in [5.74, 6) is -5.38. The summed E-state index contributed by atoms with van der Waals surface area (Å²) in [4.78, 5) is 67.2. The fraction of sp³-hybridized carbons (Fsp3) is 0.619. The first-order chi connectivity index (χ1) is 15.8. The Morgan fingerprint density at radius 3 is 2.06 bits per heavy atom. The van der Waals surface area contributed by atoms with E-state index in [2.05, 4.69) is 25.9 Å². The van der Waals surface area contributed by atoms with Gasteiger partial charge in [0.05, 0.1) is 18.8 Å². The van der Waals surface area contributed by atoms with Crippen molar-refractivity contribution < 1.29 is 34.2 Å². The lowest BCUT2D eigenvalue weighted by atomic mass is 9.99. The van der Waals surface area contributed by atoms with Crippen molar-refractivity contribution in [2.24, 2.45) is 17.6 Å². The molecule has 1 rings (SSSR count). The smallest absolute Gasteiger partial charge is 0.326 e. The van der Waals surface area contributed by atoms with Crippen LogP contribution in [-0.2, 0) is 30.4 Å². The van der Waals surface area contributed by atoms with Crippen LogP contribution >= 0.6 is 0 Å². The second kappa shape index (κ2) is 13.3. The van der Waals surface area contributed by atoms with Gasteiger partial charge in [0.2, 0.25) is 17.7 Å². The summed E-state index contributed by atoms with van der Waals surface area (Å²) in [5, 5.41) is 25.4. The SMILES string of the molecule is CC(C)CC(NC(=O)C(NC(=O)C(N)Cc1cnc[nH]1)C(C)C)C(=O)NC(CC(=O)O)C(=O)O. The molecule has 0 fully saturated rings. The third kappa shape index (κ3) is 9.57. The van der Waals surface area contributed by atoms with Crippen LogP contribution in [0.5, 0.6) is 0 Å². The number of nitrogens with one attached hydrogen (secondary N) is 4. The van der Waals surface area contributed by atoms with E-state index in [1.807, 2.05) is 0 Å². The molecule has 0 spiro atoms. The number of nitrogens with two attached hydrogens (primary N) is 1. The molecule has 3 amide bonds. The molecule has 13 heteroatoms. The highest BCUT2D eigenvalue weighted by Crippen LogP contribution is 2.09. The van der Waals surface area contributed by atoms with E-state index < -0.39 is 60.2 Å². The molecular weight excluding hydrogens is 448 g/mol. The molecule has 4 unspecified atom stereocenters. The molecule has 1 aromatic rings. The molecule has 1 heterocycles. The van der Waals surface area contributed by atoms with Crippen molar-refractivity contribution in [1.82, 2.24) is 25.9 Å². The van der Waals surface area contributed by atoms with E-state index in [0.29, 0.717) is 5.69 Å². The zero-order valence-electron chi connectivity index (χ0n) is 19.7. The first kappa shape index (κ1) is 28.6. The van der Waals surface area contributed by atoms with Crippen LogP contribution in [0.15, 0.2) is 12.5 Å². The highest BCUT2D eigenvalue weighted by Gasteiger charge is 2.32. The fourth-order valence-electron chi connectivity index (χ4n) is 3.13. The number of carboxylic acid groups (broad SMARTS) is 2. The third-order valence-electron chi connectivity index (χ3n) is 4.91. The lowest BCUT2D eigenvalue weighted by Gasteiger charge is -2.27. The third-order valence-corrected chi connectivity index (χ3v) is 4.91. The summed E-state index contributed by atoms with van der Waals surface area (Å²) in [6.45, 7) is 7.01. The summed E-state index contributed by atoms with van der Waals surface area (Å²) >= 11 is 0. The highest BCUT2D eigenvalue weighted by molar-refractivity contribution is 5.94. The molecule has 0 saturated heterocycles. The first-order valence-electron chi connectivity index (χ1n) is 10.9. The average molecular weight is 483 g/mol. The van der Waals surface area contributed by atoms with Gasteiger partial charge < -0.3 is 36.9 Å². The molecule has 34 heavy (non-hydrogen) atoms. The Bertz CT molecular complexity index is 856. The number of nitrogens with zero attached hydrogens (tertiary/aromatic N) is 1. The predicted molar refractivity (Wildman–Crippen MR) is 120 cm³/mol. The summed E-state index contributed by atoms with van der Waals surface area (Å²) in [5.41, 5.74) is 6.59. The summed E-state index contributed by atoms with van der Waals surface area (Å²) < 4.78 is 0. The molecule has 13 nitrogen and oxygen atoms in total. The Hall–Kier alpha value is -3.48. The number of amides is 3. The van der Waals surface area contributed by atoms with Crippen LogP contribution in [0.3, 0.4) is 0 Å². The van der Waals surface area contributed by atoms with Crippen molar-refractivity contribution in [3.8, 4) is 0 Å². The van der Waals surface area contributed by atoms with Crippen molar-refractivity contribution in [3.63, 3.8) is 0 Å². The van der Waals surface area contributed by atoms with Crippen LogP contribution < -0.4 is 21.7 Å². The van der Waals surface area contributed by atoms with Gasteiger partial charge in [-0.05, 0) is 18.3 Å². The molecule has 1 aromatic heterocycles. The predicted octanol–water partition coefficient (Wildman–Crippen LogP) is -1.00. The minimum absolute atomic E-state index is 0.0614. The molecule has 0 saturated carbocycles. The Kier molecular flexibility index (Phi) is 11.2. The number of imidazole rings is 1. The van der Waals surface area contributed by atoms with Gasteiger partial charge in [-0.25, -0.2) is 9.78 Å². The van der Waals surface area contributed by atoms with Gasteiger partial charge in [0.15, 0.2) is 0 Å². The van der Waals surface area contributed by atoms with Gasteiger partial charge in [0.1, 0.15) is 18.1 Å². The molecule has 4 atom stereocenters. The van der Waals surface area contributed by atoms with E-state index in [4.69, 9.17) is 10.8 Å². The van der Waals surface area contributed by atoms with Crippen molar-refractivity contribution in [2.75, 3.05) is 0 Å². The Morgan fingerprint density at radius 2 is 1.59 bits per heavy atom. The van der Waals surface area contributed by atoms with Gasteiger partial charge in [0.25, 0.3) is 0 Å². The van der Waals surface area contributed by atoms with Gasteiger partial charge in [-0.3, -0.25) is 19.2 Å². The molecule has 0 aliphatic rings. The van der Waals surface area contributed by atoms with Crippen LogP contribution in [-0.4, -0.2) is 74.0 Å². The number of carboxylic acids is 2. The van der Waals surface area contributed by atoms with Crippen molar-refractivity contribution in [1.29, 1.82) is 0 Å². The number of hydrogen-bond donors (Lipinski definition) is 7. The van der Waals surface area contributed by atoms with E-state index >= 15 is 0 Å². The van der Waals surface area contributed by atoms with Gasteiger partial charge in [-0.2, -0.15) is 0 Å². The minimum Gasteiger partial charge on any atom is -0.481 e.